The van der Waals surface area contributed by atoms with E-state index in [4.69, 9.17) is 0 Å². The number of para-hydroxylation sites is 2. The van der Waals surface area contributed by atoms with Gasteiger partial charge in [0.05, 0.1) is 20.4 Å². The lowest BCUT2D eigenvalue weighted by Gasteiger charge is -1.99. The van der Waals surface area contributed by atoms with E-state index < -0.39 is 0 Å². The van der Waals surface area contributed by atoms with Crippen molar-refractivity contribution in [2.75, 3.05) is 0 Å². The van der Waals surface area contributed by atoms with Crippen LogP contribution in [0.25, 0.3) is 20.4 Å². The maximum atomic E-state index is 4.58. The van der Waals surface area contributed by atoms with Gasteiger partial charge >= 0.3 is 0 Å². The Morgan fingerprint density at radius 1 is 0.708 bits per heavy atom. The van der Waals surface area contributed by atoms with Gasteiger partial charge in [0.25, 0.3) is 0 Å². The van der Waals surface area contributed by atoms with Gasteiger partial charge in [-0.15, -0.1) is 10.2 Å². The highest BCUT2D eigenvalue weighted by Gasteiger charge is 2.05. The molecular weight excluding hydrogens is 336 g/mol. The average Bonchev–Trinajstić information content (AvgIpc) is 3.16. The minimum Gasteiger partial charge on any atom is -0.315 e. The molecule has 0 unspecified atom stereocenters. The lowest BCUT2D eigenvalue weighted by molar-refractivity contribution is 0.733. The fraction of sp³-hybridized carbons (Fsp3) is 0.222. The molecule has 0 saturated carbocycles. The van der Waals surface area contributed by atoms with Crippen molar-refractivity contribution >= 4 is 43.1 Å². The van der Waals surface area contributed by atoms with Crippen LogP contribution in [0.1, 0.15) is 13.8 Å². The standard InChI is InChI=1S/C18H18N4S2/c1-3-21-13-9-5-7-11-15(13)23-17(21)19-20-18-22(4-2)14-10-6-8-12-16(14)24-18/h5-12H,3-4H2,1-2H3/b19-17+,20-18+. The predicted octanol–water partition coefficient (Wildman–Crippen LogP) is 4.18. The zero-order valence-corrected chi connectivity index (χ0v) is 15.3. The smallest absolute Gasteiger partial charge is 0.211 e. The van der Waals surface area contributed by atoms with E-state index in [1.165, 1.54) is 20.4 Å². The molecule has 2 aromatic heterocycles. The van der Waals surface area contributed by atoms with Gasteiger partial charge in [-0.2, -0.15) is 0 Å². The van der Waals surface area contributed by atoms with Crippen molar-refractivity contribution in [3.63, 3.8) is 0 Å². The van der Waals surface area contributed by atoms with E-state index in [2.05, 4.69) is 81.7 Å². The molecule has 0 aliphatic heterocycles. The van der Waals surface area contributed by atoms with E-state index in [-0.39, 0.29) is 0 Å². The predicted molar refractivity (Wildman–Crippen MR) is 102 cm³/mol. The lowest BCUT2D eigenvalue weighted by atomic mass is 10.3. The van der Waals surface area contributed by atoms with Gasteiger partial charge < -0.3 is 9.13 Å². The third kappa shape index (κ3) is 2.52. The molecule has 0 amide bonds. The summed E-state index contributed by atoms with van der Waals surface area (Å²) in [4.78, 5) is 1.89. The summed E-state index contributed by atoms with van der Waals surface area (Å²) in [7, 11) is 0. The van der Waals surface area contributed by atoms with Crippen molar-refractivity contribution in [2.45, 2.75) is 26.9 Å². The second kappa shape index (κ2) is 6.37. The maximum absolute atomic E-state index is 4.58. The lowest BCUT2D eigenvalue weighted by Crippen LogP contribution is -2.16. The highest BCUT2D eigenvalue weighted by molar-refractivity contribution is 7.16. The second-order valence-electron chi connectivity index (χ2n) is 5.39. The number of fused-ring (bicyclic) bond motifs is 2. The summed E-state index contributed by atoms with van der Waals surface area (Å²) in [5, 5.41) is 9.17. The van der Waals surface area contributed by atoms with Crippen LogP contribution in [0.5, 0.6) is 0 Å². The molecule has 0 bridgehead atoms. The number of thiazole rings is 2. The van der Waals surface area contributed by atoms with Gasteiger partial charge in [-0.25, -0.2) is 0 Å². The number of nitrogens with zero attached hydrogens (tertiary/aromatic N) is 4. The molecule has 4 rings (SSSR count). The van der Waals surface area contributed by atoms with Gasteiger partial charge in [0.1, 0.15) is 0 Å². The molecule has 4 aromatic rings. The first-order chi connectivity index (χ1) is 11.8. The third-order valence-corrected chi connectivity index (χ3v) is 6.13. The molecule has 24 heavy (non-hydrogen) atoms. The summed E-state index contributed by atoms with van der Waals surface area (Å²) in [6.07, 6.45) is 0. The van der Waals surface area contributed by atoms with Crippen molar-refractivity contribution in [1.29, 1.82) is 0 Å². The van der Waals surface area contributed by atoms with Crippen LogP contribution in [0, 0.1) is 0 Å². The summed E-state index contributed by atoms with van der Waals surface area (Å²) in [5.41, 5.74) is 2.44. The highest BCUT2D eigenvalue weighted by Crippen LogP contribution is 2.17. The molecule has 6 heteroatoms. The van der Waals surface area contributed by atoms with Gasteiger partial charge in [0.2, 0.25) is 9.60 Å². The Morgan fingerprint density at radius 3 is 1.54 bits per heavy atom. The average molecular weight is 355 g/mol. The molecule has 122 valence electrons. The van der Waals surface area contributed by atoms with E-state index in [0.717, 1.165) is 22.7 Å². The number of rotatable bonds is 3. The third-order valence-electron chi connectivity index (χ3n) is 4.03. The Kier molecular flexibility index (Phi) is 4.08. The first-order valence-corrected chi connectivity index (χ1v) is 9.69. The molecule has 0 fully saturated rings. The Balaban J connectivity index is 1.95. The molecule has 0 radical (unpaired) electrons. The molecule has 2 heterocycles. The van der Waals surface area contributed by atoms with Crippen LogP contribution in [-0.2, 0) is 13.1 Å². The first kappa shape index (κ1) is 15.4. The van der Waals surface area contributed by atoms with E-state index >= 15 is 0 Å². The Labute approximate surface area is 147 Å². The van der Waals surface area contributed by atoms with Gasteiger partial charge in [-0.3, -0.25) is 0 Å². The maximum Gasteiger partial charge on any atom is 0.211 e. The highest BCUT2D eigenvalue weighted by atomic mass is 32.1. The van der Waals surface area contributed by atoms with Gasteiger partial charge in [-0.05, 0) is 38.1 Å². The summed E-state index contributed by atoms with van der Waals surface area (Å²) in [6, 6.07) is 16.8. The molecule has 0 atom stereocenters. The second-order valence-corrected chi connectivity index (χ2v) is 7.41. The minimum atomic E-state index is 0.887. The van der Waals surface area contributed by atoms with E-state index in [9.17, 15) is 0 Å². The number of aryl methyl sites for hydroxylation is 2. The van der Waals surface area contributed by atoms with Crippen molar-refractivity contribution < 1.29 is 0 Å². The van der Waals surface area contributed by atoms with E-state index in [1.54, 1.807) is 22.7 Å². The Bertz CT molecular complexity index is 1050. The van der Waals surface area contributed by atoms with Gasteiger partial charge in [-0.1, -0.05) is 46.9 Å². The zero-order valence-electron chi connectivity index (χ0n) is 13.6. The van der Waals surface area contributed by atoms with Crippen LogP contribution < -0.4 is 9.60 Å². The van der Waals surface area contributed by atoms with Crippen LogP contribution in [0.3, 0.4) is 0 Å². The van der Waals surface area contributed by atoms with E-state index in [0.29, 0.717) is 0 Å². The molecule has 0 spiro atoms. The Morgan fingerprint density at radius 2 is 1.12 bits per heavy atom. The van der Waals surface area contributed by atoms with Crippen LogP contribution in [0.2, 0.25) is 0 Å². The van der Waals surface area contributed by atoms with Crippen molar-refractivity contribution in [3.05, 3.63) is 58.1 Å². The van der Waals surface area contributed by atoms with Crippen LogP contribution in [0.4, 0.5) is 0 Å². The molecule has 0 N–H and O–H groups in total. The molecule has 2 aromatic carbocycles. The monoisotopic (exact) mass is 354 g/mol. The van der Waals surface area contributed by atoms with Crippen molar-refractivity contribution in [3.8, 4) is 0 Å². The quantitative estimate of drug-likeness (QED) is 0.495. The SMILES string of the molecule is CCn1/c(=N\N=c2\sc3ccccc3n2CC)sc2ccccc21. The van der Waals surface area contributed by atoms with Crippen LogP contribution in [-0.4, -0.2) is 9.13 Å². The fourth-order valence-corrected chi connectivity index (χ4v) is 4.98. The summed E-state index contributed by atoms with van der Waals surface area (Å²) in [5.74, 6) is 0. The summed E-state index contributed by atoms with van der Waals surface area (Å²) < 4.78 is 6.92. The first-order valence-electron chi connectivity index (χ1n) is 8.06. The number of benzene rings is 2. The van der Waals surface area contributed by atoms with Crippen molar-refractivity contribution in [1.82, 2.24) is 9.13 Å². The van der Waals surface area contributed by atoms with E-state index in [1.807, 2.05) is 0 Å². The molecule has 4 nitrogen and oxygen atoms in total. The summed E-state index contributed by atoms with van der Waals surface area (Å²) in [6.45, 7) is 6.06. The summed E-state index contributed by atoms with van der Waals surface area (Å²) >= 11 is 3.37. The number of hydrogen-bond donors (Lipinski definition) is 0. The largest absolute Gasteiger partial charge is 0.315 e. The molecule has 0 aliphatic rings. The molecular formula is C18H18N4S2. The van der Waals surface area contributed by atoms with Crippen molar-refractivity contribution in [2.24, 2.45) is 10.2 Å². The Hall–Kier alpha value is -2.18. The van der Waals surface area contributed by atoms with Gasteiger partial charge in [0, 0.05) is 13.1 Å². The van der Waals surface area contributed by atoms with Crippen LogP contribution in [0.15, 0.2) is 58.7 Å². The normalized spacial score (nSPS) is 13.4. The number of aromatic nitrogens is 2. The number of hydrogen-bond acceptors (Lipinski definition) is 4. The molecule has 0 saturated heterocycles. The fourth-order valence-electron chi connectivity index (χ4n) is 2.89. The van der Waals surface area contributed by atoms with Gasteiger partial charge in [0.15, 0.2) is 0 Å². The zero-order chi connectivity index (χ0) is 16.5. The molecule has 0 aliphatic carbocycles. The topological polar surface area (TPSA) is 34.6 Å². The van der Waals surface area contributed by atoms with Crippen LogP contribution >= 0.6 is 22.7 Å². The minimum absolute atomic E-state index is 0.887.